The van der Waals surface area contributed by atoms with Gasteiger partial charge in [0.1, 0.15) is 5.75 Å². The van der Waals surface area contributed by atoms with Crippen molar-refractivity contribution in [3.05, 3.63) is 100 Å². The van der Waals surface area contributed by atoms with Crippen molar-refractivity contribution in [1.29, 1.82) is 0 Å². The number of carbonyl (C=O) groups is 1. The van der Waals surface area contributed by atoms with E-state index in [4.69, 9.17) is 4.74 Å². The molecule has 4 heteroatoms. The highest BCUT2D eigenvalue weighted by Crippen LogP contribution is 2.32. The standard InChI is InChI=1S/C26H24BrNO2/c1-17-7-9-21(10-8-17)26(29)25-18(2)28(16-20-6-4-5-19(13-20)15-27)24-14-22(30-3)11-12-23(24)25/h4-14H,15-16H2,1-3H3. The number of aryl methyl sites for hydroxylation is 1. The van der Waals surface area contributed by atoms with Gasteiger partial charge in [0.25, 0.3) is 0 Å². The van der Waals surface area contributed by atoms with Crippen LogP contribution in [0.15, 0.2) is 66.7 Å². The van der Waals surface area contributed by atoms with Crippen LogP contribution in [0.25, 0.3) is 10.9 Å². The summed E-state index contributed by atoms with van der Waals surface area (Å²) in [4.78, 5) is 13.5. The molecular formula is C26H24BrNO2. The van der Waals surface area contributed by atoms with Crippen LogP contribution >= 0.6 is 15.9 Å². The fourth-order valence-electron chi connectivity index (χ4n) is 3.92. The third-order valence-electron chi connectivity index (χ3n) is 5.56. The second kappa shape index (κ2) is 8.49. The molecular weight excluding hydrogens is 438 g/mol. The van der Waals surface area contributed by atoms with Gasteiger partial charge in [-0.2, -0.15) is 0 Å². The van der Waals surface area contributed by atoms with Crippen LogP contribution in [0.5, 0.6) is 5.75 Å². The molecule has 0 N–H and O–H groups in total. The predicted molar refractivity (Wildman–Crippen MR) is 126 cm³/mol. The van der Waals surface area contributed by atoms with E-state index < -0.39 is 0 Å². The molecule has 152 valence electrons. The second-order valence-corrected chi connectivity index (χ2v) is 8.14. The summed E-state index contributed by atoms with van der Waals surface area (Å²) in [6.45, 7) is 4.75. The summed E-state index contributed by atoms with van der Waals surface area (Å²) in [6.07, 6.45) is 0. The molecule has 3 nitrogen and oxygen atoms in total. The number of nitrogens with zero attached hydrogens (tertiary/aromatic N) is 1. The number of halogens is 1. The Kier molecular flexibility index (Phi) is 5.78. The smallest absolute Gasteiger partial charge is 0.195 e. The minimum atomic E-state index is 0.0515. The van der Waals surface area contributed by atoms with Crippen LogP contribution in [-0.2, 0) is 11.9 Å². The Balaban J connectivity index is 1.88. The number of ketones is 1. The van der Waals surface area contributed by atoms with E-state index in [2.05, 4.69) is 44.8 Å². The molecule has 0 bridgehead atoms. The third kappa shape index (κ3) is 3.80. The van der Waals surface area contributed by atoms with Gasteiger partial charge >= 0.3 is 0 Å². The average molecular weight is 462 g/mol. The summed E-state index contributed by atoms with van der Waals surface area (Å²) in [7, 11) is 1.67. The molecule has 0 radical (unpaired) electrons. The first-order valence-electron chi connectivity index (χ1n) is 9.94. The lowest BCUT2D eigenvalue weighted by molar-refractivity contribution is 0.103. The van der Waals surface area contributed by atoms with E-state index in [9.17, 15) is 4.79 Å². The lowest BCUT2D eigenvalue weighted by Crippen LogP contribution is -2.06. The summed E-state index contributed by atoms with van der Waals surface area (Å²) in [5.74, 6) is 0.834. The summed E-state index contributed by atoms with van der Waals surface area (Å²) in [5.41, 5.74) is 7.01. The summed E-state index contributed by atoms with van der Waals surface area (Å²) in [6, 6.07) is 22.2. The van der Waals surface area contributed by atoms with Gasteiger partial charge in [0, 0.05) is 34.6 Å². The van der Waals surface area contributed by atoms with Crippen molar-refractivity contribution in [2.75, 3.05) is 7.11 Å². The first-order chi connectivity index (χ1) is 14.5. The number of ether oxygens (including phenoxy) is 1. The number of fused-ring (bicyclic) bond motifs is 1. The van der Waals surface area contributed by atoms with Gasteiger partial charge in [0.2, 0.25) is 0 Å². The van der Waals surface area contributed by atoms with Crippen molar-refractivity contribution < 1.29 is 9.53 Å². The molecule has 0 atom stereocenters. The Labute approximate surface area is 185 Å². The summed E-state index contributed by atoms with van der Waals surface area (Å²) in [5, 5.41) is 1.77. The average Bonchev–Trinajstić information content (AvgIpc) is 3.04. The van der Waals surface area contributed by atoms with Crippen molar-refractivity contribution in [3.8, 4) is 5.75 Å². The van der Waals surface area contributed by atoms with Gasteiger partial charge in [-0.05, 0) is 37.1 Å². The van der Waals surface area contributed by atoms with Crippen LogP contribution in [-0.4, -0.2) is 17.5 Å². The molecule has 3 aromatic carbocycles. The molecule has 0 aliphatic carbocycles. The highest BCUT2D eigenvalue weighted by Gasteiger charge is 2.21. The van der Waals surface area contributed by atoms with Crippen molar-refractivity contribution in [2.45, 2.75) is 25.7 Å². The van der Waals surface area contributed by atoms with Gasteiger partial charge in [-0.25, -0.2) is 0 Å². The molecule has 0 unspecified atom stereocenters. The van der Waals surface area contributed by atoms with Gasteiger partial charge in [0.05, 0.1) is 18.2 Å². The molecule has 4 rings (SSSR count). The van der Waals surface area contributed by atoms with E-state index in [0.29, 0.717) is 12.1 Å². The van der Waals surface area contributed by atoms with Crippen molar-refractivity contribution in [1.82, 2.24) is 4.57 Å². The SMILES string of the molecule is COc1ccc2c(C(=O)c3ccc(C)cc3)c(C)n(Cc3cccc(CBr)c3)c2c1. The fourth-order valence-corrected chi connectivity index (χ4v) is 4.27. The van der Waals surface area contributed by atoms with E-state index in [1.165, 1.54) is 11.1 Å². The zero-order valence-corrected chi connectivity index (χ0v) is 19.0. The minimum absolute atomic E-state index is 0.0515. The predicted octanol–water partition coefficient (Wildman–Crippen LogP) is 6.44. The van der Waals surface area contributed by atoms with Gasteiger partial charge in [-0.3, -0.25) is 4.79 Å². The molecule has 0 fully saturated rings. The Morgan fingerprint density at radius 3 is 2.40 bits per heavy atom. The molecule has 0 saturated heterocycles. The van der Waals surface area contributed by atoms with Crippen LogP contribution in [0.1, 0.15) is 38.3 Å². The van der Waals surface area contributed by atoms with Gasteiger partial charge in [-0.1, -0.05) is 70.0 Å². The second-order valence-electron chi connectivity index (χ2n) is 7.58. The van der Waals surface area contributed by atoms with E-state index >= 15 is 0 Å². The first-order valence-corrected chi connectivity index (χ1v) is 11.1. The number of alkyl halides is 1. The van der Waals surface area contributed by atoms with Gasteiger partial charge in [-0.15, -0.1) is 0 Å². The summed E-state index contributed by atoms with van der Waals surface area (Å²) < 4.78 is 7.68. The molecule has 0 aliphatic heterocycles. The molecule has 0 aliphatic rings. The molecule has 4 aromatic rings. The van der Waals surface area contributed by atoms with Crippen LogP contribution in [0, 0.1) is 13.8 Å². The van der Waals surface area contributed by atoms with Crippen molar-refractivity contribution >= 4 is 32.6 Å². The number of rotatable bonds is 6. The Morgan fingerprint density at radius 1 is 0.967 bits per heavy atom. The van der Waals surface area contributed by atoms with E-state index in [1.54, 1.807) is 7.11 Å². The lowest BCUT2D eigenvalue weighted by Gasteiger charge is -2.11. The highest BCUT2D eigenvalue weighted by atomic mass is 79.9. The zero-order valence-electron chi connectivity index (χ0n) is 17.4. The number of hydrogen-bond acceptors (Lipinski definition) is 2. The van der Waals surface area contributed by atoms with Crippen LogP contribution < -0.4 is 4.74 Å². The molecule has 0 spiro atoms. The normalized spacial score (nSPS) is 11.1. The molecule has 1 heterocycles. The maximum absolute atomic E-state index is 13.5. The van der Waals surface area contributed by atoms with E-state index in [1.807, 2.05) is 56.3 Å². The highest BCUT2D eigenvalue weighted by molar-refractivity contribution is 9.08. The fraction of sp³-hybridized carbons (Fsp3) is 0.192. The van der Waals surface area contributed by atoms with Crippen LogP contribution in [0.2, 0.25) is 0 Å². The third-order valence-corrected chi connectivity index (χ3v) is 6.21. The molecule has 1 aromatic heterocycles. The Hall–Kier alpha value is -2.85. The quantitative estimate of drug-likeness (QED) is 0.244. The van der Waals surface area contributed by atoms with Gasteiger partial charge < -0.3 is 9.30 Å². The number of carbonyl (C=O) groups excluding carboxylic acids is 1. The maximum atomic E-state index is 13.5. The molecule has 0 amide bonds. The molecule has 30 heavy (non-hydrogen) atoms. The largest absolute Gasteiger partial charge is 0.497 e. The topological polar surface area (TPSA) is 31.2 Å². The number of aromatic nitrogens is 1. The number of hydrogen-bond donors (Lipinski definition) is 0. The van der Waals surface area contributed by atoms with Crippen molar-refractivity contribution in [2.24, 2.45) is 0 Å². The number of methoxy groups -OCH3 is 1. The number of benzene rings is 3. The Bertz CT molecular complexity index is 1220. The van der Waals surface area contributed by atoms with E-state index in [-0.39, 0.29) is 5.78 Å². The van der Waals surface area contributed by atoms with Crippen molar-refractivity contribution in [3.63, 3.8) is 0 Å². The maximum Gasteiger partial charge on any atom is 0.195 e. The van der Waals surface area contributed by atoms with Crippen LogP contribution in [0.3, 0.4) is 0 Å². The Morgan fingerprint density at radius 2 is 1.70 bits per heavy atom. The zero-order chi connectivity index (χ0) is 21.3. The van der Waals surface area contributed by atoms with Gasteiger partial charge in [0.15, 0.2) is 5.78 Å². The molecule has 0 saturated carbocycles. The van der Waals surface area contributed by atoms with Crippen LogP contribution in [0.4, 0.5) is 0 Å². The van der Waals surface area contributed by atoms with E-state index in [0.717, 1.165) is 38.8 Å². The lowest BCUT2D eigenvalue weighted by atomic mass is 9.99. The minimum Gasteiger partial charge on any atom is -0.497 e. The monoisotopic (exact) mass is 461 g/mol. The summed E-state index contributed by atoms with van der Waals surface area (Å²) >= 11 is 3.54. The first kappa shape index (κ1) is 20.4.